The first kappa shape index (κ1) is 14.4. The van der Waals surface area contributed by atoms with Crippen molar-refractivity contribution >= 4 is 5.91 Å². The second-order valence-electron chi connectivity index (χ2n) is 6.39. The molecule has 2 bridgehead atoms. The molecular weight excluding hydrogens is 264 g/mol. The predicted octanol–water partition coefficient (Wildman–Crippen LogP) is 2.16. The minimum atomic E-state index is -0.459. The standard InChI is InChI=1S/C17H24N2O2/c1-11-4-3-5-16(8-11)21-12(2)17(20)19-15-9-13-6-7-14(10-15)18-13/h3-5,8,12-15,18H,6-7,9-10H2,1-2H3,(H,19,20). The quantitative estimate of drug-likeness (QED) is 0.892. The minimum absolute atomic E-state index is 0.0113. The summed E-state index contributed by atoms with van der Waals surface area (Å²) >= 11 is 0. The fraction of sp³-hybridized carbons (Fsp3) is 0.588. The van der Waals surface area contributed by atoms with Crippen molar-refractivity contribution in [2.45, 2.75) is 63.8 Å². The summed E-state index contributed by atoms with van der Waals surface area (Å²) in [6.07, 6.45) is 4.11. The molecule has 2 heterocycles. The normalized spacial score (nSPS) is 29.0. The van der Waals surface area contributed by atoms with Gasteiger partial charge in [0.25, 0.3) is 5.91 Å². The molecule has 2 fully saturated rings. The van der Waals surface area contributed by atoms with E-state index in [1.54, 1.807) is 0 Å². The lowest BCUT2D eigenvalue weighted by molar-refractivity contribution is -0.128. The Morgan fingerprint density at radius 2 is 2.05 bits per heavy atom. The number of piperidine rings is 1. The SMILES string of the molecule is Cc1cccc(OC(C)C(=O)NC2CC3CCC(C2)N3)c1. The molecule has 3 rings (SSSR count). The summed E-state index contributed by atoms with van der Waals surface area (Å²) in [5.74, 6) is 0.742. The van der Waals surface area contributed by atoms with Gasteiger partial charge in [0.2, 0.25) is 0 Å². The highest BCUT2D eigenvalue weighted by Crippen LogP contribution is 2.26. The van der Waals surface area contributed by atoms with Gasteiger partial charge in [0.15, 0.2) is 6.10 Å². The molecule has 0 spiro atoms. The number of rotatable bonds is 4. The summed E-state index contributed by atoms with van der Waals surface area (Å²) in [5, 5.41) is 6.74. The van der Waals surface area contributed by atoms with Crippen LogP contribution in [-0.2, 0) is 4.79 Å². The lowest BCUT2D eigenvalue weighted by atomic mass is 9.99. The fourth-order valence-corrected chi connectivity index (χ4v) is 3.44. The van der Waals surface area contributed by atoms with Crippen molar-refractivity contribution in [3.63, 3.8) is 0 Å². The lowest BCUT2D eigenvalue weighted by Crippen LogP contribution is -2.50. The van der Waals surface area contributed by atoms with Gasteiger partial charge < -0.3 is 15.4 Å². The maximum atomic E-state index is 12.3. The number of fused-ring (bicyclic) bond motifs is 2. The van der Waals surface area contributed by atoms with Crippen molar-refractivity contribution in [2.24, 2.45) is 0 Å². The van der Waals surface area contributed by atoms with E-state index in [4.69, 9.17) is 4.74 Å². The van der Waals surface area contributed by atoms with Gasteiger partial charge in [-0.2, -0.15) is 0 Å². The molecule has 1 aromatic rings. The molecule has 0 radical (unpaired) electrons. The van der Waals surface area contributed by atoms with E-state index in [1.807, 2.05) is 38.1 Å². The van der Waals surface area contributed by atoms with Gasteiger partial charge in [-0.25, -0.2) is 0 Å². The molecule has 0 aromatic heterocycles. The van der Waals surface area contributed by atoms with Gasteiger partial charge in [-0.3, -0.25) is 4.79 Å². The summed E-state index contributed by atoms with van der Waals surface area (Å²) in [5.41, 5.74) is 1.13. The maximum Gasteiger partial charge on any atom is 0.260 e. The molecule has 2 saturated heterocycles. The van der Waals surface area contributed by atoms with Gasteiger partial charge in [0.05, 0.1) is 0 Å². The molecule has 0 aliphatic carbocycles. The summed E-state index contributed by atoms with van der Waals surface area (Å²) in [6.45, 7) is 3.83. The first-order chi connectivity index (χ1) is 10.1. The van der Waals surface area contributed by atoms with Crippen LogP contribution in [0.4, 0.5) is 0 Å². The van der Waals surface area contributed by atoms with E-state index in [9.17, 15) is 4.79 Å². The number of aryl methyl sites for hydroxylation is 1. The van der Waals surface area contributed by atoms with Crippen LogP contribution in [0, 0.1) is 6.92 Å². The summed E-state index contributed by atoms with van der Waals surface area (Å²) in [4.78, 5) is 12.3. The average molecular weight is 288 g/mol. The molecule has 1 amide bonds. The fourth-order valence-electron chi connectivity index (χ4n) is 3.44. The first-order valence-electron chi connectivity index (χ1n) is 7.90. The van der Waals surface area contributed by atoms with Gasteiger partial charge in [-0.1, -0.05) is 12.1 Å². The molecule has 2 aliphatic heterocycles. The van der Waals surface area contributed by atoms with Crippen LogP contribution < -0.4 is 15.4 Å². The van der Waals surface area contributed by atoms with Crippen LogP contribution in [0.3, 0.4) is 0 Å². The molecule has 4 nitrogen and oxygen atoms in total. The summed E-state index contributed by atoms with van der Waals surface area (Å²) in [6, 6.07) is 9.27. The largest absolute Gasteiger partial charge is 0.481 e. The average Bonchev–Trinajstić information content (AvgIpc) is 2.78. The molecule has 3 atom stereocenters. The molecule has 2 aliphatic rings. The van der Waals surface area contributed by atoms with E-state index in [1.165, 1.54) is 12.8 Å². The summed E-state index contributed by atoms with van der Waals surface area (Å²) in [7, 11) is 0. The topological polar surface area (TPSA) is 50.4 Å². The molecular formula is C17H24N2O2. The zero-order valence-electron chi connectivity index (χ0n) is 12.8. The van der Waals surface area contributed by atoms with E-state index in [0.29, 0.717) is 18.1 Å². The summed E-state index contributed by atoms with van der Waals surface area (Å²) < 4.78 is 5.74. The second-order valence-corrected chi connectivity index (χ2v) is 6.39. The van der Waals surface area contributed by atoms with Crippen LogP contribution in [0.2, 0.25) is 0 Å². The Bertz CT molecular complexity index is 505. The number of carbonyl (C=O) groups excluding carboxylic acids is 1. The molecule has 21 heavy (non-hydrogen) atoms. The number of amides is 1. The molecule has 2 N–H and O–H groups in total. The Morgan fingerprint density at radius 1 is 1.33 bits per heavy atom. The maximum absolute atomic E-state index is 12.3. The highest BCUT2D eigenvalue weighted by molar-refractivity contribution is 5.81. The van der Waals surface area contributed by atoms with Crippen molar-refractivity contribution in [1.29, 1.82) is 0 Å². The van der Waals surface area contributed by atoms with Gasteiger partial charge in [-0.15, -0.1) is 0 Å². The van der Waals surface area contributed by atoms with Crippen molar-refractivity contribution in [3.05, 3.63) is 29.8 Å². The minimum Gasteiger partial charge on any atom is -0.481 e. The Hall–Kier alpha value is -1.55. The Morgan fingerprint density at radius 3 is 2.71 bits per heavy atom. The molecule has 0 saturated carbocycles. The van der Waals surface area contributed by atoms with Gasteiger partial charge in [0, 0.05) is 18.1 Å². The number of carbonyl (C=O) groups is 1. The van der Waals surface area contributed by atoms with Crippen molar-refractivity contribution in [2.75, 3.05) is 0 Å². The number of hydrogen-bond acceptors (Lipinski definition) is 3. The molecule has 1 aromatic carbocycles. The highest BCUT2D eigenvalue weighted by atomic mass is 16.5. The molecule has 4 heteroatoms. The molecule has 114 valence electrons. The van der Waals surface area contributed by atoms with E-state index in [2.05, 4.69) is 10.6 Å². The number of nitrogens with one attached hydrogen (secondary N) is 2. The van der Waals surface area contributed by atoms with Crippen LogP contribution in [0.5, 0.6) is 5.75 Å². The van der Waals surface area contributed by atoms with Crippen LogP contribution in [0.15, 0.2) is 24.3 Å². The zero-order valence-corrected chi connectivity index (χ0v) is 12.8. The van der Waals surface area contributed by atoms with Crippen molar-refractivity contribution in [3.8, 4) is 5.75 Å². The predicted molar refractivity (Wildman–Crippen MR) is 82.4 cm³/mol. The first-order valence-corrected chi connectivity index (χ1v) is 7.90. The van der Waals surface area contributed by atoms with Crippen LogP contribution in [0.25, 0.3) is 0 Å². The zero-order chi connectivity index (χ0) is 14.8. The van der Waals surface area contributed by atoms with Crippen LogP contribution >= 0.6 is 0 Å². The third kappa shape index (κ3) is 3.56. The van der Waals surface area contributed by atoms with Crippen molar-refractivity contribution in [1.82, 2.24) is 10.6 Å². The third-order valence-electron chi connectivity index (χ3n) is 4.49. The van der Waals surface area contributed by atoms with Gasteiger partial charge in [0.1, 0.15) is 5.75 Å². The van der Waals surface area contributed by atoms with Crippen molar-refractivity contribution < 1.29 is 9.53 Å². The van der Waals surface area contributed by atoms with E-state index >= 15 is 0 Å². The number of hydrogen-bond donors (Lipinski definition) is 2. The Kier molecular flexibility index (Phi) is 4.15. The van der Waals surface area contributed by atoms with E-state index in [-0.39, 0.29) is 5.91 Å². The van der Waals surface area contributed by atoms with E-state index in [0.717, 1.165) is 24.2 Å². The third-order valence-corrected chi connectivity index (χ3v) is 4.49. The van der Waals surface area contributed by atoms with E-state index < -0.39 is 6.10 Å². The lowest BCUT2D eigenvalue weighted by Gasteiger charge is -2.30. The van der Waals surface area contributed by atoms with Crippen LogP contribution in [0.1, 0.15) is 38.2 Å². The monoisotopic (exact) mass is 288 g/mol. The Balaban J connectivity index is 1.53. The molecule has 3 unspecified atom stereocenters. The number of ether oxygens (including phenoxy) is 1. The van der Waals surface area contributed by atoms with Crippen LogP contribution in [-0.4, -0.2) is 30.1 Å². The van der Waals surface area contributed by atoms with Gasteiger partial charge in [-0.05, 0) is 57.2 Å². The highest BCUT2D eigenvalue weighted by Gasteiger charge is 2.34. The number of benzene rings is 1. The second kappa shape index (κ2) is 6.06. The smallest absolute Gasteiger partial charge is 0.260 e. The van der Waals surface area contributed by atoms with Gasteiger partial charge >= 0.3 is 0 Å². The Labute approximate surface area is 126 Å².